The number of para-hydroxylation sites is 1. The Morgan fingerprint density at radius 1 is 1.11 bits per heavy atom. The first-order valence-electron chi connectivity index (χ1n) is 9.91. The van der Waals surface area contributed by atoms with Gasteiger partial charge in [0.15, 0.2) is 10.9 Å². The average Bonchev–Trinajstić information content (AvgIpc) is 2.90. The van der Waals surface area contributed by atoms with E-state index in [4.69, 9.17) is 4.42 Å². The van der Waals surface area contributed by atoms with Crippen LogP contribution in [0.3, 0.4) is 0 Å². The van der Waals surface area contributed by atoms with Gasteiger partial charge in [0.2, 0.25) is 0 Å². The molecule has 146 valence electrons. The van der Waals surface area contributed by atoms with E-state index < -0.39 is 0 Å². The van der Waals surface area contributed by atoms with Gasteiger partial charge in [0.25, 0.3) is 5.91 Å². The summed E-state index contributed by atoms with van der Waals surface area (Å²) in [5, 5.41) is 1.69. The number of thioether (sulfide) groups is 1. The summed E-state index contributed by atoms with van der Waals surface area (Å²) in [5.41, 5.74) is 1.68. The Labute approximate surface area is 169 Å². The van der Waals surface area contributed by atoms with Crippen LogP contribution in [-0.2, 0) is 5.75 Å². The van der Waals surface area contributed by atoms with Gasteiger partial charge in [-0.15, -0.1) is 0 Å². The Bertz CT molecular complexity index is 933. The van der Waals surface area contributed by atoms with Gasteiger partial charge in [0, 0.05) is 42.2 Å². The highest BCUT2D eigenvalue weighted by molar-refractivity contribution is 7.98. The fourth-order valence-corrected chi connectivity index (χ4v) is 4.71. The molecule has 6 heteroatoms. The second kappa shape index (κ2) is 8.78. The van der Waals surface area contributed by atoms with Crippen LogP contribution < -0.4 is 0 Å². The number of furan rings is 1. The van der Waals surface area contributed by atoms with Gasteiger partial charge in [-0.25, -0.2) is 9.97 Å². The third-order valence-electron chi connectivity index (χ3n) is 5.47. The van der Waals surface area contributed by atoms with Crippen molar-refractivity contribution in [3.05, 3.63) is 54.0 Å². The van der Waals surface area contributed by atoms with Gasteiger partial charge in [-0.05, 0) is 25.0 Å². The quantitative estimate of drug-likeness (QED) is 0.333. The molecule has 0 spiro atoms. The first kappa shape index (κ1) is 19.0. The van der Waals surface area contributed by atoms with Crippen LogP contribution in [0.2, 0.25) is 0 Å². The van der Waals surface area contributed by atoms with Crippen LogP contribution in [0.4, 0.5) is 0 Å². The maximum absolute atomic E-state index is 13.3. The molecule has 28 heavy (non-hydrogen) atoms. The lowest BCUT2D eigenvalue weighted by Crippen LogP contribution is -2.37. The molecule has 2 heterocycles. The molecule has 2 aromatic heterocycles. The summed E-state index contributed by atoms with van der Waals surface area (Å²) in [6.07, 6.45) is 10.5. The maximum Gasteiger partial charge on any atom is 0.289 e. The summed E-state index contributed by atoms with van der Waals surface area (Å²) >= 11 is 1.52. The minimum atomic E-state index is -0.0207. The van der Waals surface area contributed by atoms with Crippen molar-refractivity contribution < 1.29 is 9.21 Å². The van der Waals surface area contributed by atoms with E-state index in [2.05, 4.69) is 9.97 Å². The van der Waals surface area contributed by atoms with Crippen molar-refractivity contribution in [3.8, 4) is 0 Å². The van der Waals surface area contributed by atoms with Crippen molar-refractivity contribution in [2.75, 3.05) is 7.05 Å². The zero-order valence-corrected chi connectivity index (χ0v) is 17.0. The van der Waals surface area contributed by atoms with E-state index >= 15 is 0 Å². The monoisotopic (exact) mass is 395 g/mol. The fourth-order valence-electron chi connectivity index (χ4n) is 3.88. The summed E-state index contributed by atoms with van der Waals surface area (Å²) in [6, 6.07) is 9.95. The van der Waals surface area contributed by atoms with Crippen molar-refractivity contribution in [2.45, 2.75) is 55.5 Å². The van der Waals surface area contributed by atoms with Crippen molar-refractivity contribution >= 4 is 28.6 Å². The van der Waals surface area contributed by atoms with E-state index in [9.17, 15) is 4.79 Å². The van der Waals surface area contributed by atoms with E-state index in [1.165, 1.54) is 37.4 Å². The summed E-state index contributed by atoms with van der Waals surface area (Å²) in [4.78, 5) is 23.8. The van der Waals surface area contributed by atoms with Crippen molar-refractivity contribution in [2.24, 2.45) is 0 Å². The summed E-state index contributed by atoms with van der Waals surface area (Å²) in [5.74, 6) is 1.03. The van der Waals surface area contributed by atoms with Crippen molar-refractivity contribution in [1.82, 2.24) is 14.9 Å². The number of hydrogen-bond acceptors (Lipinski definition) is 5. The van der Waals surface area contributed by atoms with Crippen LogP contribution in [0.1, 0.15) is 54.6 Å². The molecule has 0 bridgehead atoms. The maximum atomic E-state index is 13.3. The van der Waals surface area contributed by atoms with E-state index in [1.54, 1.807) is 18.5 Å². The Morgan fingerprint density at radius 3 is 2.57 bits per heavy atom. The lowest BCUT2D eigenvalue weighted by atomic mass is 10.1. The number of amides is 1. The predicted molar refractivity (Wildman–Crippen MR) is 111 cm³/mol. The molecular formula is C22H25N3O2S. The molecule has 1 aliphatic carbocycles. The first-order valence-corrected chi connectivity index (χ1v) is 10.9. The number of benzene rings is 1. The van der Waals surface area contributed by atoms with Gasteiger partial charge in [0.05, 0.1) is 0 Å². The summed E-state index contributed by atoms with van der Waals surface area (Å²) in [7, 11) is 1.92. The van der Waals surface area contributed by atoms with Crippen molar-refractivity contribution in [1.29, 1.82) is 0 Å². The predicted octanol–water partition coefficient (Wildman–Crippen LogP) is 5.31. The molecule has 0 atom stereocenters. The highest BCUT2D eigenvalue weighted by Gasteiger charge is 2.28. The molecule has 1 aromatic carbocycles. The third-order valence-corrected chi connectivity index (χ3v) is 6.38. The molecule has 5 nitrogen and oxygen atoms in total. The largest absolute Gasteiger partial charge is 0.451 e. The minimum absolute atomic E-state index is 0.0207. The SMILES string of the molecule is CN(C(=O)c1oc2ccccc2c1CSc1ncccn1)C1CCCCCC1. The molecule has 1 amide bonds. The summed E-state index contributed by atoms with van der Waals surface area (Å²) in [6.45, 7) is 0. The lowest BCUT2D eigenvalue weighted by molar-refractivity contribution is 0.0686. The van der Waals surface area contributed by atoms with E-state index in [1.807, 2.05) is 36.2 Å². The summed E-state index contributed by atoms with van der Waals surface area (Å²) < 4.78 is 6.05. The van der Waals surface area contributed by atoms with Crippen LogP contribution in [-0.4, -0.2) is 33.9 Å². The number of fused-ring (bicyclic) bond motifs is 1. The average molecular weight is 396 g/mol. The minimum Gasteiger partial charge on any atom is -0.451 e. The van der Waals surface area contributed by atoms with E-state index in [-0.39, 0.29) is 5.91 Å². The molecule has 1 saturated carbocycles. The number of carbonyl (C=O) groups excluding carboxylic acids is 1. The Hall–Kier alpha value is -2.34. The lowest BCUT2D eigenvalue weighted by Gasteiger charge is -2.26. The molecule has 3 aromatic rings. The smallest absolute Gasteiger partial charge is 0.289 e. The Morgan fingerprint density at radius 2 is 1.82 bits per heavy atom. The molecule has 4 rings (SSSR count). The van der Waals surface area contributed by atoms with Crippen LogP contribution in [0.25, 0.3) is 11.0 Å². The molecule has 0 aliphatic heterocycles. The molecular weight excluding hydrogens is 370 g/mol. The number of rotatable bonds is 5. The zero-order valence-electron chi connectivity index (χ0n) is 16.1. The molecule has 1 fully saturated rings. The van der Waals surface area contributed by atoms with E-state index in [0.717, 1.165) is 29.4 Å². The number of aromatic nitrogens is 2. The molecule has 0 saturated heterocycles. The number of nitrogens with zero attached hydrogens (tertiary/aromatic N) is 3. The molecule has 1 aliphatic rings. The standard InChI is InChI=1S/C22H25N3O2S/c1-25(16-9-4-2-3-5-10-16)21(26)20-18(15-28-22-23-13-8-14-24-22)17-11-6-7-12-19(17)27-20/h6-8,11-14,16H,2-5,9-10,15H2,1H3. The van der Waals surface area contributed by atoms with Gasteiger partial charge < -0.3 is 9.32 Å². The van der Waals surface area contributed by atoms with Gasteiger partial charge in [-0.2, -0.15) is 0 Å². The Kier molecular flexibility index (Phi) is 5.95. The first-order chi connectivity index (χ1) is 13.7. The van der Waals surface area contributed by atoms with Gasteiger partial charge in [-0.1, -0.05) is 55.6 Å². The topological polar surface area (TPSA) is 59.2 Å². The van der Waals surface area contributed by atoms with Crippen LogP contribution in [0, 0.1) is 0 Å². The second-order valence-electron chi connectivity index (χ2n) is 7.29. The fraction of sp³-hybridized carbons (Fsp3) is 0.409. The number of carbonyl (C=O) groups is 1. The highest BCUT2D eigenvalue weighted by Crippen LogP contribution is 2.32. The number of hydrogen-bond donors (Lipinski definition) is 0. The molecule has 0 unspecified atom stereocenters. The highest BCUT2D eigenvalue weighted by atomic mass is 32.2. The zero-order chi connectivity index (χ0) is 19.3. The molecule has 0 radical (unpaired) electrons. The van der Waals surface area contributed by atoms with Crippen LogP contribution in [0.5, 0.6) is 0 Å². The van der Waals surface area contributed by atoms with Crippen LogP contribution in [0.15, 0.2) is 52.3 Å². The van der Waals surface area contributed by atoms with Crippen molar-refractivity contribution in [3.63, 3.8) is 0 Å². The van der Waals surface area contributed by atoms with Gasteiger partial charge >= 0.3 is 0 Å². The molecule has 0 N–H and O–H groups in total. The van der Waals surface area contributed by atoms with E-state index in [0.29, 0.717) is 22.7 Å². The third kappa shape index (κ3) is 4.07. The van der Waals surface area contributed by atoms with Gasteiger partial charge in [0.1, 0.15) is 5.58 Å². The van der Waals surface area contributed by atoms with Gasteiger partial charge in [-0.3, -0.25) is 4.79 Å². The second-order valence-corrected chi connectivity index (χ2v) is 8.23. The van der Waals surface area contributed by atoms with Crippen LogP contribution >= 0.6 is 11.8 Å². The normalized spacial score (nSPS) is 15.5. The Balaban J connectivity index is 1.62.